The fourth-order valence-corrected chi connectivity index (χ4v) is 2.10. The average molecular weight is 251 g/mol. The zero-order chi connectivity index (χ0) is 13.5. The van der Waals surface area contributed by atoms with Crippen molar-refractivity contribution in [2.75, 3.05) is 0 Å². The molecule has 1 unspecified atom stereocenters. The fourth-order valence-electron chi connectivity index (χ4n) is 2.10. The molecule has 0 aliphatic carbocycles. The van der Waals surface area contributed by atoms with Crippen molar-refractivity contribution in [3.8, 4) is 6.07 Å². The summed E-state index contributed by atoms with van der Waals surface area (Å²) in [5.41, 5.74) is 2.71. The summed E-state index contributed by atoms with van der Waals surface area (Å²) in [5.74, 6) is 0. The molecule has 2 rings (SSSR count). The topological polar surface area (TPSA) is 48.7 Å². The highest BCUT2D eigenvalue weighted by Crippen LogP contribution is 2.17. The Labute approximate surface area is 113 Å². The van der Waals surface area contributed by atoms with Crippen LogP contribution in [-0.2, 0) is 6.54 Å². The summed E-state index contributed by atoms with van der Waals surface area (Å²) in [5, 5.41) is 12.5. The maximum absolute atomic E-state index is 9.02. The Morgan fingerprint density at radius 2 is 2.00 bits per heavy atom. The molecule has 2 aromatic rings. The Hall–Kier alpha value is -2.18. The van der Waals surface area contributed by atoms with Crippen LogP contribution in [0.2, 0.25) is 0 Å². The summed E-state index contributed by atoms with van der Waals surface area (Å²) in [6.45, 7) is 2.81. The molecule has 96 valence electrons. The van der Waals surface area contributed by atoms with Crippen LogP contribution in [0.15, 0.2) is 48.7 Å². The van der Waals surface area contributed by atoms with Gasteiger partial charge in [-0.25, -0.2) is 4.98 Å². The van der Waals surface area contributed by atoms with E-state index in [4.69, 9.17) is 5.26 Å². The molecule has 0 amide bonds. The van der Waals surface area contributed by atoms with Gasteiger partial charge in [0.1, 0.15) is 11.8 Å². The minimum absolute atomic E-state index is 0.299. The van der Waals surface area contributed by atoms with Crippen molar-refractivity contribution >= 4 is 0 Å². The number of pyridine rings is 1. The smallest absolute Gasteiger partial charge is 0.144 e. The van der Waals surface area contributed by atoms with Crippen molar-refractivity contribution in [3.05, 3.63) is 65.5 Å². The molecule has 0 aliphatic rings. The molecule has 0 saturated heterocycles. The lowest BCUT2D eigenvalue weighted by molar-refractivity contribution is 0.518. The van der Waals surface area contributed by atoms with Crippen LogP contribution < -0.4 is 5.32 Å². The van der Waals surface area contributed by atoms with Crippen LogP contribution in [0, 0.1) is 11.3 Å². The van der Waals surface area contributed by atoms with Crippen molar-refractivity contribution < 1.29 is 0 Å². The first kappa shape index (κ1) is 13.3. The predicted molar refractivity (Wildman–Crippen MR) is 75.3 cm³/mol. The first-order chi connectivity index (χ1) is 9.35. The number of nitriles is 1. The van der Waals surface area contributed by atoms with Gasteiger partial charge in [-0.2, -0.15) is 5.26 Å². The van der Waals surface area contributed by atoms with Crippen molar-refractivity contribution in [2.24, 2.45) is 0 Å². The molecule has 0 fully saturated rings. The Bertz CT molecular complexity index is 558. The van der Waals surface area contributed by atoms with Gasteiger partial charge in [-0.05, 0) is 18.1 Å². The summed E-state index contributed by atoms with van der Waals surface area (Å²) < 4.78 is 0. The van der Waals surface area contributed by atoms with Gasteiger partial charge in [0.15, 0.2) is 0 Å². The molecule has 0 saturated carbocycles. The summed E-state index contributed by atoms with van der Waals surface area (Å²) in [4.78, 5) is 4.07. The second-order valence-electron chi connectivity index (χ2n) is 4.38. The lowest BCUT2D eigenvalue weighted by Gasteiger charge is -2.17. The average Bonchev–Trinajstić information content (AvgIpc) is 2.49. The molecule has 0 bridgehead atoms. The third-order valence-electron chi connectivity index (χ3n) is 3.15. The van der Waals surface area contributed by atoms with Gasteiger partial charge >= 0.3 is 0 Å². The number of nitrogens with zero attached hydrogens (tertiary/aromatic N) is 2. The van der Waals surface area contributed by atoms with Crippen LogP contribution in [0.4, 0.5) is 0 Å². The molecule has 1 aromatic carbocycles. The van der Waals surface area contributed by atoms with Crippen molar-refractivity contribution in [1.29, 1.82) is 5.26 Å². The number of hydrogen-bond donors (Lipinski definition) is 1. The number of rotatable bonds is 5. The van der Waals surface area contributed by atoms with Gasteiger partial charge in [-0.1, -0.05) is 43.3 Å². The normalized spacial score (nSPS) is 11.8. The summed E-state index contributed by atoms with van der Waals surface area (Å²) in [7, 11) is 0. The third kappa shape index (κ3) is 3.40. The molecular formula is C16H17N3. The van der Waals surface area contributed by atoms with E-state index in [1.807, 2.05) is 30.3 Å². The molecule has 1 N–H and O–H groups in total. The van der Waals surface area contributed by atoms with Gasteiger partial charge in [0.25, 0.3) is 0 Å². The minimum atomic E-state index is 0.299. The van der Waals surface area contributed by atoms with E-state index in [9.17, 15) is 0 Å². The summed E-state index contributed by atoms with van der Waals surface area (Å²) >= 11 is 0. The Morgan fingerprint density at radius 3 is 2.68 bits per heavy atom. The molecule has 0 radical (unpaired) electrons. The number of hydrogen-bond acceptors (Lipinski definition) is 3. The van der Waals surface area contributed by atoms with Crippen LogP contribution in [0.3, 0.4) is 0 Å². The fraction of sp³-hybridized carbons (Fsp3) is 0.250. The predicted octanol–water partition coefficient (Wildman–Crippen LogP) is 3.19. The zero-order valence-electron chi connectivity index (χ0n) is 11.0. The van der Waals surface area contributed by atoms with Gasteiger partial charge in [0.2, 0.25) is 0 Å². The highest BCUT2D eigenvalue weighted by molar-refractivity contribution is 5.30. The monoisotopic (exact) mass is 251 g/mol. The molecule has 1 aromatic heterocycles. The quantitative estimate of drug-likeness (QED) is 0.887. The third-order valence-corrected chi connectivity index (χ3v) is 3.15. The van der Waals surface area contributed by atoms with Crippen molar-refractivity contribution in [2.45, 2.75) is 25.9 Å². The Balaban J connectivity index is 2.07. The van der Waals surface area contributed by atoms with Gasteiger partial charge in [-0.15, -0.1) is 0 Å². The van der Waals surface area contributed by atoms with E-state index in [-0.39, 0.29) is 0 Å². The largest absolute Gasteiger partial charge is 0.306 e. The number of nitrogens with one attached hydrogen (secondary N) is 1. The van der Waals surface area contributed by atoms with Crippen LogP contribution in [0.1, 0.15) is 36.2 Å². The highest BCUT2D eigenvalue weighted by Gasteiger charge is 2.09. The second-order valence-corrected chi connectivity index (χ2v) is 4.38. The summed E-state index contributed by atoms with van der Waals surface area (Å²) in [6, 6.07) is 16.6. The molecule has 3 heteroatoms. The maximum atomic E-state index is 9.02. The molecule has 1 heterocycles. The van der Waals surface area contributed by atoms with E-state index in [2.05, 4.69) is 35.4 Å². The van der Waals surface area contributed by atoms with Crippen LogP contribution in [-0.4, -0.2) is 4.98 Å². The number of aromatic nitrogens is 1. The summed E-state index contributed by atoms with van der Waals surface area (Å²) in [6.07, 6.45) is 2.66. The zero-order valence-corrected chi connectivity index (χ0v) is 11.0. The molecule has 19 heavy (non-hydrogen) atoms. The van der Waals surface area contributed by atoms with E-state index in [1.165, 1.54) is 5.56 Å². The lowest BCUT2D eigenvalue weighted by atomic mass is 10.0. The molecule has 3 nitrogen and oxygen atoms in total. The lowest BCUT2D eigenvalue weighted by Crippen LogP contribution is -2.20. The standard InChI is InChI=1S/C16H17N3/c1-2-15(13-7-4-3-5-8-13)19-12-14-9-6-10-18-16(14)11-17/h3-10,15,19H,2,12H2,1H3. The Kier molecular flexibility index (Phi) is 4.66. The SMILES string of the molecule is CCC(NCc1cccnc1C#N)c1ccccc1. The van der Waals surface area contributed by atoms with Crippen molar-refractivity contribution in [3.63, 3.8) is 0 Å². The van der Waals surface area contributed by atoms with Crippen LogP contribution in [0.25, 0.3) is 0 Å². The molecule has 1 atom stereocenters. The van der Waals surface area contributed by atoms with E-state index in [0.717, 1.165) is 12.0 Å². The molecular weight excluding hydrogens is 234 g/mol. The highest BCUT2D eigenvalue weighted by atomic mass is 14.9. The van der Waals surface area contributed by atoms with Gasteiger partial charge in [-0.3, -0.25) is 0 Å². The van der Waals surface area contributed by atoms with E-state index in [1.54, 1.807) is 6.20 Å². The Morgan fingerprint density at radius 1 is 1.21 bits per heavy atom. The van der Waals surface area contributed by atoms with Crippen LogP contribution in [0.5, 0.6) is 0 Å². The second kappa shape index (κ2) is 6.67. The van der Waals surface area contributed by atoms with E-state index >= 15 is 0 Å². The maximum Gasteiger partial charge on any atom is 0.144 e. The minimum Gasteiger partial charge on any atom is -0.306 e. The van der Waals surface area contributed by atoms with E-state index < -0.39 is 0 Å². The van der Waals surface area contributed by atoms with Crippen molar-refractivity contribution in [1.82, 2.24) is 10.3 Å². The first-order valence-electron chi connectivity index (χ1n) is 6.47. The number of benzene rings is 1. The van der Waals surface area contributed by atoms with Crippen LogP contribution >= 0.6 is 0 Å². The van der Waals surface area contributed by atoms with Gasteiger partial charge in [0.05, 0.1) is 0 Å². The van der Waals surface area contributed by atoms with Gasteiger partial charge < -0.3 is 5.32 Å². The molecule has 0 spiro atoms. The first-order valence-corrected chi connectivity index (χ1v) is 6.47. The van der Waals surface area contributed by atoms with Gasteiger partial charge in [0, 0.05) is 24.3 Å². The van der Waals surface area contributed by atoms with E-state index in [0.29, 0.717) is 18.3 Å². The molecule has 0 aliphatic heterocycles.